The first-order valence-corrected chi connectivity index (χ1v) is 15.2. The van der Waals surface area contributed by atoms with Gasteiger partial charge >= 0.3 is 11.9 Å². The number of H-pyrrole nitrogens is 1. The maximum Gasteiger partial charge on any atom is 0.331 e. The molecule has 3 N–H and O–H groups in total. The molecular formula is C34H39N3O8. The molecule has 3 aromatic rings. The number of carbonyl (C=O) groups is 3. The van der Waals surface area contributed by atoms with Crippen molar-refractivity contribution in [2.24, 2.45) is 23.5 Å². The van der Waals surface area contributed by atoms with Gasteiger partial charge in [0.05, 0.1) is 38.9 Å². The average Bonchev–Trinajstić information content (AvgIpc) is 3.43. The molecule has 1 amide bonds. The number of methoxy groups -OCH3 is 4. The summed E-state index contributed by atoms with van der Waals surface area (Å²) in [6.45, 7) is 1.67. The Balaban J connectivity index is 1.23. The van der Waals surface area contributed by atoms with E-state index >= 15 is 0 Å². The smallest absolute Gasteiger partial charge is 0.331 e. The van der Waals surface area contributed by atoms with Crippen LogP contribution in [0.2, 0.25) is 0 Å². The molecule has 6 atom stereocenters. The number of fused-ring (bicyclic) bond motifs is 6. The van der Waals surface area contributed by atoms with E-state index in [9.17, 15) is 14.4 Å². The molecule has 0 bridgehead atoms. The van der Waals surface area contributed by atoms with Crippen LogP contribution in [0, 0.1) is 17.8 Å². The molecule has 1 aromatic heterocycles. The summed E-state index contributed by atoms with van der Waals surface area (Å²) >= 11 is 0. The van der Waals surface area contributed by atoms with Gasteiger partial charge in [0.2, 0.25) is 0 Å². The second-order valence-corrected chi connectivity index (χ2v) is 12.0. The molecule has 1 saturated carbocycles. The summed E-state index contributed by atoms with van der Waals surface area (Å²) in [4.78, 5) is 44.4. The molecule has 11 nitrogen and oxygen atoms in total. The number of aromatic nitrogens is 1. The number of nitrogens with two attached hydrogens (primary N) is 1. The highest BCUT2D eigenvalue weighted by molar-refractivity contribution is 5.96. The van der Waals surface area contributed by atoms with Gasteiger partial charge in [0, 0.05) is 48.9 Å². The van der Waals surface area contributed by atoms with Gasteiger partial charge in [-0.3, -0.25) is 14.5 Å². The van der Waals surface area contributed by atoms with E-state index in [-0.39, 0.29) is 29.4 Å². The molecular weight excluding hydrogens is 578 g/mol. The molecule has 238 valence electrons. The highest BCUT2D eigenvalue weighted by Gasteiger charge is 2.54. The summed E-state index contributed by atoms with van der Waals surface area (Å²) in [6, 6.07) is 11.1. The van der Waals surface area contributed by atoms with E-state index in [4.69, 9.17) is 29.4 Å². The Morgan fingerprint density at radius 3 is 2.56 bits per heavy atom. The van der Waals surface area contributed by atoms with E-state index in [0.717, 1.165) is 37.2 Å². The third-order valence-electron chi connectivity index (χ3n) is 9.77. The van der Waals surface area contributed by atoms with Gasteiger partial charge in [-0.05, 0) is 72.6 Å². The number of hydrogen-bond donors (Lipinski definition) is 2. The van der Waals surface area contributed by atoms with E-state index in [1.165, 1.54) is 36.9 Å². The van der Waals surface area contributed by atoms with Crippen molar-refractivity contribution in [3.63, 3.8) is 0 Å². The van der Waals surface area contributed by atoms with Crippen molar-refractivity contribution in [2.75, 3.05) is 41.5 Å². The SMILES string of the molecule is COC(=O)[C@H]1[C@H]2C[C@@H]3c4[nH]c5cc(OC)ccc5c4CCN3C[C@H]2C[C@@H](OC(=O)/C=C/c2ccc(OC)c(C(N)=O)c2)[C@@H]1OC. The topological polar surface area (TPSA) is 142 Å². The summed E-state index contributed by atoms with van der Waals surface area (Å²) in [5, 5.41) is 1.20. The number of benzene rings is 2. The molecule has 0 radical (unpaired) electrons. The Kier molecular flexibility index (Phi) is 8.56. The zero-order valence-electron chi connectivity index (χ0n) is 25.9. The van der Waals surface area contributed by atoms with Crippen LogP contribution in [0.4, 0.5) is 0 Å². The molecule has 45 heavy (non-hydrogen) atoms. The summed E-state index contributed by atoms with van der Waals surface area (Å²) in [5.74, 6) is -0.948. The van der Waals surface area contributed by atoms with Crippen LogP contribution in [0.5, 0.6) is 11.5 Å². The highest BCUT2D eigenvalue weighted by Crippen LogP contribution is 2.50. The number of aromatic amines is 1. The number of nitrogens with one attached hydrogen (secondary N) is 1. The third-order valence-corrected chi connectivity index (χ3v) is 9.77. The quantitative estimate of drug-likeness (QED) is 0.286. The lowest BCUT2D eigenvalue weighted by molar-refractivity contribution is -0.187. The van der Waals surface area contributed by atoms with Gasteiger partial charge in [0.1, 0.15) is 23.7 Å². The van der Waals surface area contributed by atoms with Crippen LogP contribution in [0.25, 0.3) is 17.0 Å². The number of piperidine rings is 1. The first-order chi connectivity index (χ1) is 21.8. The normalized spacial score (nSPS) is 26.0. The minimum atomic E-state index is -0.667. The molecule has 3 heterocycles. The zero-order valence-corrected chi connectivity index (χ0v) is 25.9. The van der Waals surface area contributed by atoms with Gasteiger partial charge in [0.15, 0.2) is 0 Å². The zero-order chi connectivity index (χ0) is 31.8. The maximum atomic E-state index is 13.3. The predicted octanol–water partition coefficient (Wildman–Crippen LogP) is 3.65. The molecule has 2 aliphatic heterocycles. The van der Waals surface area contributed by atoms with Gasteiger partial charge in [-0.25, -0.2) is 4.79 Å². The Hall–Kier alpha value is -4.35. The van der Waals surface area contributed by atoms with Crippen molar-refractivity contribution in [2.45, 2.75) is 37.5 Å². The summed E-state index contributed by atoms with van der Waals surface area (Å²) in [6.07, 6.45) is 3.76. The number of ether oxygens (including phenoxy) is 5. The van der Waals surface area contributed by atoms with Gasteiger partial charge in [-0.1, -0.05) is 6.07 Å². The first-order valence-electron chi connectivity index (χ1n) is 15.2. The number of esters is 2. The minimum absolute atomic E-state index is 0.0208. The number of carbonyl (C=O) groups excluding carboxylic acids is 3. The highest BCUT2D eigenvalue weighted by atomic mass is 16.6. The van der Waals surface area contributed by atoms with Crippen molar-refractivity contribution in [1.82, 2.24) is 9.88 Å². The van der Waals surface area contributed by atoms with E-state index < -0.39 is 30.0 Å². The molecule has 6 rings (SSSR count). The second-order valence-electron chi connectivity index (χ2n) is 12.0. The van der Waals surface area contributed by atoms with Crippen LogP contribution < -0.4 is 15.2 Å². The molecule has 3 aliphatic rings. The molecule has 0 spiro atoms. The first kappa shape index (κ1) is 30.7. The molecule has 1 saturated heterocycles. The van der Waals surface area contributed by atoms with E-state index in [2.05, 4.69) is 16.0 Å². The van der Waals surface area contributed by atoms with Crippen molar-refractivity contribution < 1.29 is 38.1 Å². The Morgan fingerprint density at radius 1 is 1.02 bits per heavy atom. The van der Waals surface area contributed by atoms with E-state index in [0.29, 0.717) is 17.7 Å². The maximum absolute atomic E-state index is 13.3. The number of nitrogens with zero attached hydrogens (tertiary/aromatic N) is 1. The standard InChI is InChI=1S/C34H39N3O8/c1-41-20-7-8-21-22-11-12-37-17-19-14-28(45-29(38)10-6-18-5-9-27(42-2)24(13-18)33(35)39)32(43-3)30(34(40)44-4)23(19)16-26(37)31(22)36-25(21)15-20/h5-10,13,15,19,23,26,28,30,32,36H,11-12,14,16-17H2,1-4H3,(H2,35,39)/b10-6+/t19-,23+,26-,28-,30+,32+/m1/s1. The summed E-state index contributed by atoms with van der Waals surface area (Å²) in [7, 11) is 6.04. The van der Waals surface area contributed by atoms with Crippen LogP contribution in [0.15, 0.2) is 42.5 Å². The van der Waals surface area contributed by atoms with Gasteiger partial charge < -0.3 is 34.4 Å². The number of amides is 1. The number of primary amides is 1. The van der Waals surface area contributed by atoms with Crippen LogP contribution in [0.3, 0.4) is 0 Å². The fourth-order valence-electron chi connectivity index (χ4n) is 7.73. The van der Waals surface area contributed by atoms with Gasteiger partial charge in [0.25, 0.3) is 5.91 Å². The second kappa shape index (κ2) is 12.6. The average molecular weight is 618 g/mol. The van der Waals surface area contributed by atoms with Crippen molar-refractivity contribution >= 4 is 34.8 Å². The van der Waals surface area contributed by atoms with E-state index in [1.54, 1.807) is 38.5 Å². The Morgan fingerprint density at radius 2 is 1.84 bits per heavy atom. The Bertz CT molecular complexity index is 1650. The van der Waals surface area contributed by atoms with Crippen LogP contribution >= 0.6 is 0 Å². The summed E-state index contributed by atoms with van der Waals surface area (Å²) in [5.41, 5.74) is 9.82. The van der Waals surface area contributed by atoms with E-state index in [1.807, 2.05) is 12.1 Å². The van der Waals surface area contributed by atoms with Crippen LogP contribution in [-0.4, -0.2) is 81.5 Å². The van der Waals surface area contributed by atoms with Gasteiger partial charge in [-0.2, -0.15) is 0 Å². The number of hydrogen-bond acceptors (Lipinski definition) is 9. The molecule has 1 aliphatic carbocycles. The minimum Gasteiger partial charge on any atom is -0.497 e. The lowest BCUT2D eigenvalue weighted by atomic mass is 9.63. The number of rotatable bonds is 8. The molecule has 2 aromatic carbocycles. The van der Waals surface area contributed by atoms with Crippen molar-refractivity contribution in [1.29, 1.82) is 0 Å². The molecule has 0 unspecified atom stereocenters. The summed E-state index contributed by atoms with van der Waals surface area (Å²) < 4.78 is 27.8. The third kappa shape index (κ3) is 5.66. The monoisotopic (exact) mass is 617 g/mol. The van der Waals surface area contributed by atoms with Crippen molar-refractivity contribution in [3.05, 3.63) is 64.9 Å². The lowest BCUT2D eigenvalue weighted by Crippen LogP contribution is -2.58. The fourth-order valence-corrected chi connectivity index (χ4v) is 7.73. The van der Waals surface area contributed by atoms with Crippen LogP contribution in [-0.2, 0) is 30.2 Å². The largest absolute Gasteiger partial charge is 0.497 e. The Labute approximate surface area is 261 Å². The molecule has 2 fully saturated rings. The van der Waals surface area contributed by atoms with Gasteiger partial charge in [-0.15, -0.1) is 0 Å². The van der Waals surface area contributed by atoms with Crippen molar-refractivity contribution in [3.8, 4) is 11.5 Å². The fraction of sp³-hybridized carbons (Fsp3) is 0.441. The predicted molar refractivity (Wildman–Crippen MR) is 166 cm³/mol. The molecule has 11 heteroatoms. The van der Waals surface area contributed by atoms with Crippen LogP contribution in [0.1, 0.15) is 46.1 Å². The lowest BCUT2D eigenvalue weighted by Gasteiger charge is -2.52.